The largest absolute Gasteiger partial charge is 0.382 e. The van der Waals surface area contributed by atoms with Crippen LogP contribution in [0.4, 0.5) is 0 Å². The molecule has 4 nitrogen and oxygen atoms in total. The first-order valence-corrected chi connectivity index (χ1v) is 7.37. The van der Waals surface area contributed by atoms with Crippen molar-refractivity contribution < 1.29 is 14.3 Å². The van der Waals surface area contributed by atoms with Crippen molar-refractivity contribution in [1.82, 2.24) is 5.32 Å². The monoisotopic (exact) mass is 281 g/mol. The minimum atomic E-state index is -0.0668. The normalized spacial score (nSPS) is 17.8. The maximum atomic E-state index is 11.8. The molecule has 5 heteroatoms. The zero-order valence-corrected chi connectivity index (χ0v) is 11.9. The van der Waals surface area contributed by atoms with Crippen molar-refractivity contribution in [2.24, 2.45) is 0 Å². The smallest absolute Gasteiger partial charge is 0.246 e. The van der Waals surface area contributed by atoms with Crippen LogP contribution in [-0.4, -0.2) is 38.6 Å². The first-order chi connectivity index (χ1) is 9.31. The molecule has 104 valence electrons. The average Bonchev–Trinajstić information content (AvgIpc) is 2.44. The minimum absolute atomic E-state index is 0.0668. The number of ether oxygens (including phenoxy) is 2. The molecule has 0 aliphatic carbocycles. The predicted octanol–water partition coefficient (Wildman–Crippen LogP) is 2.00. The highest BCUT2D eigenvalue weighted by Gasteiger charge is 2.21. The quantitative estimate of drug-likeness (QED) is 0.810. The molecule has 1 heterocycles. The number of rotatable bonds is 6. The molecule has 0 saturated heterocycles. The molecule has 1 N–H and O–H groups in total. The number of hydrogen-bond acceptors (Lipinski definition) is 4. The van der Waals surface area contributed by atoms with Crippen LogP contribution in [0.15, 0.2) is 29.2 Å². The maximum Gasteiger partial charge on any atom is 0.246 e. The molecule has 1 aliphatic rings. The second kappa shape index (κ2) is 7.53. The van der Waals surface area contributed by atoms with Gasteiger partial charge in [0.15, 0.2) is 0 Å². The second-order valence-electron chi connectivity index (χ2n) is 4.34. The molecular formula is C14H19NO3S. The van der Waals surface area contributed by atoms with Crippen molar-refractivity contribution in [3.05, 3.63) is 29.8 Å². The molecule has 0 radical (unpaired) electrons. The van der Waals surface area contributed by atoms with E-state index in [9.17, 15) is 4.79 Å². The van der Waals surface area contributed by atoms with Gasteiger partial charge in [-0.05, 0) is 18.1 Å². The molecule has 0 saturated carbocycles. The van der Waals surface area contributed by atoms with Crippen molar-refractivity contribution in [1.29, 1.82) is 0 Å². The highest BCUT2D eigenvalue weighted by Crippen LogP contribution is 2.35. The minimum Gasteiger partial charge on any atom is -0.382 e. The van der Waals surface area contributed by atoms with Crippen LogP contribution in [0.5, 0.6) is 0 Å². The number of carbonyl (C=O) groups excluding carboxylic acids is 1. The van der Waals surface area contributed by atoms with E-state index in [0.717, 1.165) is 12.2 Å². The Morgan fingerprint density at radius 3 is 3.11 bits per heavy atom. The van der Waals surface area contributed by atoms with Gasteiger partial charge in [0.1, 0.15) is 6.61 Å². The average molecular weight is 281 g/mol. The molecule has 1 unspecified atom stereocenters. The van der Waals surface area contributed by atoms with Gasteiger partial charge in [0.2, 0.25) is 5.91 Å². The van der Waals surface area contributed by atoms with Gasteiger partial charge in [-0.15, -0.1) is 11.8 Å². The van der Waals surface area contributed by atoms with Crippen LogP contribution >= 0.6 is 11.8 Å². The van der Waals surface area contributed by atoms with E-state index >= 15 is 0 Å². The number of amides is 1. The van der Waals surface area contributed by atoms with E-state index in [1.807, 2.05) is 23.9 Å². The van der Waals surface area contributed by atoms with Crippen molar-refractivity contribution in [3.8, 4) is 0 Å². The molecular weight excluding hydrogens is 262 g/mol. The van der Waals surface area contributed by atoms with E-state index in [1.165, 1.54) is 10.5 Å². The SMILES string of the molecule is COCCOCC(=O)NC1CCSc2ccccc21. The maximum absolute atomic E-state index is 11.8. The summed E-state index contributed by atoms with van der Waals surface area (Å²) in [5.74, 6) is 0.967. The highest BCUT2D eigenvalue weighted by molar-refractivity contribution is 7.99. The van der Waals surface area contributed by atoms with Crippen molar-refractivity contribution in [2.75, 3.05) is 32.7 Å². The molecule has 1 aromatic rings. The number of hydrogen-bond donors (Lipinski definition) is 1. The van der Waals surface area contributed by atoms with E-state index in [-0.39, 0.29) is 18.6 Å². The lowest BCUT2D eigenvalue weighted by atomic mass is 10.0. The summed E-state index contributed by atoms with van der Waals surface area (Å²) in [6.07, 6.45) is 0.964. The van der Waals surface area contributed by atoms with Crippen LogP contribution in [0, 0.1) is 0 Å². The zero-order valence-electron chi connectivity index (χ0n) is 11.1. The Bertz CT molecular complexity index is 425. The van der Waals surface area contributed by atoms with Gasteiger partial charge in [0.05, 0.1) is 19.3 Å². The fraction of sp³-hybridized carbons (Fsp3) is 0.500. The summed E-state index contributed by atoms with van der Waals surface area (Å²) in [5.41, 5.74) is 1.21. The molecule has 0 spiro atoms. The van der Waals surface area contributed by atoms with E-state index in [2.05, 4.69) is 17.4 Å². The summed E-state index contributed by atoms with van der Waals surface area (Å²) in [6.45, 7) is 1.05. The van der Waals surface area contributed by atoms with Gasteiger partial charge in [-0.25, -0.2) is 0 Å². The molecule has 1 aliphatic heterocycles. The third kappa shape index (κ3) is 4.23. The summed E-state index contributed by atoms with van der Waals surface area (Å²) in [5, 5.41) is 3.03. The van der Waals surface area contributed by atoms with Crippen molar-refractivity contribution in [3.63, 3.8) is 0 Å². The number of methoxy groups -OCH3 is 1. The van der Waals surface area contributed by atoms with Crippen LogP contribution in [0.25, 0.3) is 0 Å². The Morgan fingerprint density at radius 2 is 2.26 bits per heavy atom. The Kier molecular flexibility index (Phi) is 5.69. The first kappa shape index (κ1) is 14.4. The van der Waals surface area contributed by atoms with Gasteiger partial charge in [0.25, 0.3) is 0 Å². The van der Waals surface area contributed by atoms with Crippen LogP contribution in [0.3, 0.4) is 0 Å². The van der Waals surface area contributed by atoms with Crippen LogP contribution in [0.1, 0.15) is 18.0 Å². The van der Waals surface area contributed by atoms with Gasteiger partial charge < -0.3 is 14.8 Å². The molecule has 0 bridgehead atoms. The topological polar surface area (TPSA) is 47.6 Å². The molecule has 1 atom stereocenters. The summed E-state index contributed by atoms with van der Waals surface area (Å²) in [7, 11) is 1.61. The van der Waals surface area contributed by atoms with Gasteiger partial charge in [-0.1, -0.05) is 18.2 Å². The molecule has 1 aromatic carbocycles. The lowest BCUT2D eigenvalue weighted by Gasteiger charge is -2.25. The standard InChI is InChI=1S/C14H19NO3S/c1-17-7-8-18-10-14(16)15-12-6-9-19-13-5-3-2-4-11(12)13/h2-5,12H,6-10H2,1H3,(H,15,16). The van der Waals surface area contributed by atoms with E-state index in [0.29, 0.717) is 13.2 Å². The summed E-state index contributed by atoms with van der Waals surface area (Å²) >= 11 is 1.84. The Hall–Kier alpha value is -1.04. The van der Waals surface area contributed by atoms with Gasteiger partial charge >= 0.3 is 0 Å². The number of benzene rings is 1. The summed E-state index contributed by atoms with van der Waals surface area (Å²) < 4.78 is 10.1. The van der Waals surface area contributed by atoms with E-state index in [4.69, 9.17) is 9.47 Å². The number of fused-ring (bicyclic) bond motifs is 1. The predicted molar refractivity (Wildman–Crippen MR) is 75.4 cm³/mol. The van der Waals surface area contributed by atoms with Gasteiger partial charge in [0, 0.05) is 17.8 Å². The first-order valence-electron chi connectivity index (χ1n) is 6.39. The van der Waals surface area contributed by atoms with Crippen molar-refractivity contribution in [2.45, 2.75) is 17.4 Å². The fourth-order valence-electron chi connectivity index (χ4n) is 2.04. The molecule has 0 fully saturated rings. The Balaban J connectivity index is 1.85. The lowest BCUT2D eigenvalue weighted by Crippen LogP contribution is -2.33. The molecule has 2 rings (SSSR count). The summed E-state index contributed by atoms with van der Waals surface area (Å²) in [6, 6.07) is 8.34. The Labute approximate surface area is 117 Å². The summed E-state index contributed by atoms with van der Waals surface area (Å²) in [4.78, 5) is 13.1. The third-order valence-electron chi connectivity index (χ3n) is 2.96. The van der Waals surface area contributed by atoms with Gasteiger partial charge in [-0.2, -0.15) is 0 Å². The second-order valence-corrected chi connectivity index (χ2v) is 5.48. The van der Waals surface area contributed by atoms with Crippen LogP contribution < -0.4 is 5.32 Å². The van der Waals surface area contributed by atoms with Gasteiger partial charge in [-0.3, -0.25) is 4.79 Å². The Morgan fingerprint density at radius 1 is 1.42 bits per heavy atom. The van der Waals surface area contributed by atoms with E-state index < -0.39 is 0 Å². The highest BCUT2D eigenvalue weighted by atomic mass is 32.2. The van der Waals surface area contributed by atoms with Crippen LogP contribution in [-0.2, 0) is 14.3 Å². The number of nitrogens with one attached hydrogen (secondary N) is 1. The third-order valence-corrected chi connectivity index (χ3v) is 4.08. The zero-order chi connectivity index (χ0) is 13.5. The number of carbonyl (C=O) groups is 1. The molecule has 19 heavy (non-hydrogen) atoms. The lowest BCUT2D eigenvalue weighted by molar-refractivity contribution is -0.126. The molecule has 1 amide bonds. The van der Waals surface area contributed by atoms with Crippen LogP contribution in [0.2, 0.25) is 0 Å². The fourth-order valence-corrected chi connectivity index (χ4v) is 3.16. The molecule has 0 aromatic heterocycles. The van der Waals surface area contributed by atoms with Crippen molar-refractivity contribution >= 4 is 17.7 Å². The number of thioether (sulfide) groups is 1. The van der Waals surface area contributed by atoms with E-state index in [1.54, 1.807) is 7.11 Å².